The van der Waals surface area contributed by atoms with Crippen LogP contribution in [0.25, 0.3) is 54.1 Å². The Morgan fingerprint density at radius 1 is 0.477 bits per heavy atom. The van der Waals surface area contributed by atoms with Crippen LogP contribution in [0, 0.1) is 0 Å². The van der Waals surface area contributed by atoms with Gasteiger partial charge in [0.15, 0.2) is 0 Å². The van der Waals surface area contributed by atoms with Gasteiger partial charge in [-0.05, 0) is 86.8 Å². The summed E-state index contributed by atoms with van der Waals surface area (Å²) < 4.78 is 1.25. The van der Waals surface area contributed by atoms with E-state index in [1.165, 1.54) is 54.5 Å². The van der Waals surface area contributed by atoms with Gasteiger partial charge in [-0.15, -0.1) is 11.3 Å². The number of nitrogens with one attached hydrogen (secondary N) is 1. The monoisotopic (exact) mass is 846 g/mol. The Morgan fingerprint density at radius 2 is 1.09 bits per heavy atom. The number of pyridine rings is 1. The topological polar surface area (TPSA) is 40.5 Å². The van der Waals surface area contributed by atoms with Gasteiger partial charge in [-0.2, -0.15) is 0 Å². The average Bonchev–Trinajstić information content (AvgIpc) is 3.90. The standard InChI is InChI=1S/C60H38N4S/c1-3-17-39(18-4-1)59-62-56(58-57(63-59)44-24-10-16-30-54(44)65-58)38-33-31-37(32-34-38)55-46-36-53-50(35-45(46)43-23-9-14-28-51(43)61-55)60(47-25-11-7-21-41(47)42-22-8-12-26-48(42)60)49-27-13-15-29-52(49)64(53)40-19-5-2-6-20-40/h1-36,59,63H. The summed E-state index contributed by atoms with van der Waals surface area (Å²) in [5.74, 6) is 0. The van der Waals surface area contributed by atoms with Crippen molar-refractivity contribution in [3.05, 3.63) is 257 Å². The highest BCUT2D eigenvalue weighted by molar-refractivity contribution is 7.22. The predicted molar refractivity (Wildman–Crippen MR) is 270 cm³/mol. The summed E-state index contributed by atoms with van der Waals surface area (Å²) in [4.78, 5) is 14.6. The first-order valence-electron chi connectivity index (χ1n) is 22.3. The number of benzene rings is 9. The molecule has 1 spiro atoms. The van der Waals surface area contributed by atoms with Gasteiger partial charge in [-0.1, -0.05) is 176 Å². The minimum absolute atomic E-state index is 0.201. The van der Waals surface area contributed by atoms with Gasteiger partial charge in [0.25, 0.3) is 0 Å². The van der Waals surface area contributed by atoms with Crippen LogP contribution in [-0.4, -0.2) is 10.7 Å². The van der Waals surface area contributed by atoms with Gasteiger partial charge in [-0.3, -0.25) is 4.99 Å². The zero-order valence-corrected chi connectivity index (χ0v) is 35.9. The fourth-order valence-corrected chi connectivity index (χ4v) is 12.3. The Balaban J connectivity index is 1.02. The molecule has 0 saturated heterocycles. The number of anilines is 4. The van der Waals surface area contributed by atoms with Crippen LogP contribution in [0.3, 0.4) is 0 Å². The molecule has 2 aromatic heterocycles. The molecule has 1 atom stereocenters. The molecule has 304 valence electrons. The fourth-order valence-electron chi connectivity index (χ4n) is 11.1. The molecule has 0 amide bonds. The summed E-state index contributed by atoms with van der Waals surface area (Å²) in [6, 6.07) is 79.7. The summed E-state index contributed by atoms with van der Waals surface area (Å²) in [6.07, 6.45) is -0.201. The summed E-state index contributed by atoms with van der Waals surface area (Å²) in [5, 5.41) is 8.46. The van der Waals surface area contributed by atoms with Crippen molar-refractivity contribution in [1.29, 1.82) is 0 Å². The molecule has 11 aromatic rings. The van der Waals surface area contributed by atoms with E-state index in [0.717, 1.165) is 66.3 Å². The minimum atomic E-state index is -0.552. The van der Waals surface area contributed by atoms with E-state index < -0.39 is 5.41 Å². The van der Waals surface area contributed by atoms with Crippen LogP contribution in [0.1, 0.15) is 44.4 Å². The zero-order valence-electron chi connectivity index (χ0n) is 35.1. The number of hydrogen-bond acceptors (Lipinski definition) is 5. The third kappa shape index (κ3) is 5.19. The molecule has 4 nitrogen and oxygen atoms in total. The molecular weight excluding hydrogens is 809 g/mol. The second kappa shape index (κ2) is 13.9. The Morgan fingerprint density at radius 3 is 1.86 bits per heavy atom. The van der Waals surface area contributed by atoms with Crippen molar-refractivity contribution >= 4 is 71.6 Å². The maximum atomic E-state index is 5.53. The molecule has 65 heavy (non-hydrogen) atoms. The number of para-hydroxylation sites is 3. The Hall–Kier alpha value is -8.12. The molecule has 1 N–H and O–H groups in total. The lowest BCUT2D eigenvalue weighted by Crippen LogP contribution is -2.36. The number of aromatic nitrogens is 1. The largest absolute Gasteiger partial charge is 0.358 e. The van der Waals surface area contributed by atoms with Crippen LogP contribution in [-0.2, 0) is 5.41 Å². The second-order valence-electron chi connectivity index (χ2n) is 17.2. The van der Waals surface area contributed by atoms with E-state index in [-0.39, 0.29) is 6.17 Å². The molecule has 14 rings (SSSR count). The molecular formula is C60H38N4S. The first kappa shape index (κ1) is 36.4. The van der Waals surface area contributed by atoms with E-state index in [1.807, 2.05) is 0 Å². The SMILES string of the molecule is c1ccc(C2N=C(c3ccc(-c4nc5ccccc5c5cc6c(cc45)N(c4ccccc4)c4ccccc4C64c5ccccc5-c5ccccc54)cc3)c3sc4ccccc4c3N2)cc1. The molecule has 5 heteroatoms. The van der Waals surface area contributed by atoms with Crippen LogP contribution in [0.15, 0.2) is 223 Å². The zero-order chi connectivity index (χ0) is 42.6. The summed E-state index contributed by atoms with van der Waals surface area (Å²) in [5.41, 5.74) is 18.0. The van der Waals surface area contributed by atoms with Crippen LogP contribution in [0.4, 0.5) is 22.7 Å². The minimum Gasteiger partial charge on any atom is -0.358 e. The number of hydrogen-bond donors (Lipinski definition) is 1. The molecule has 0 fully saturated rings. The quantitative estimate of drug-likeness (QED) is 0.179. The highest BCUT2D eigenvalue weighted by Gasteiger charge is 2.51. The van der Waals surface area contributed by atoms with Gasteiger partial charge in [0, 0.05) is 37.7 Å². The molecule has 0 saturated carbocycles. The Bertz CT molecular complexity index is 3710. The maximum absolute atomic E-state index is 5.53. The first-order chi connectivity index (χ1) is 32.2. The highest BCUT2D eigenvalue weighted by Crippen LogP contribution is 2.64. The molecule has 0 bridgehead atoms. The second-order valence-corrected chi connectivity index (χ2v) is 18.3. The molecule has 4 heterocycles. The van der Waals surface area contributed by atoms with E-state index in [9.17, 15) is 0 Å². The first-order valence-corrected chi connectivity index (χ1v) is 23.1. The molecule has 3 aliphatic rings. The van der Waals surface area contributed by atoms with Crippen LogP contribution < -0.4 is 10.2 Å². The summed E-state index contributed by atoms with van der Waals surface area (Å²) in [6.45, 7) is 0. The molecule has 0 radical (unpaired) electrons. The van der Waals surface area contributed by atoms with Crippen molar-refractivity contribution in [3.8, 4) is 22.4 Å². The third-order valence-corrected chi connectivity index (χ3v) is 15.1. The lowest BCUT2D eigenvalue weighted by atomic mass is 9.64. The van der Waals surface area contributed by atoms with E-state index in [2.05, 4.69) is 229 Å². The van der Waals surface area contributed by atoms with Crippen molar-refractivity contribution in [1.82, 2.24) is 4.98 Å². The average molecular weight is 847 g/mol. The van der Waals surface area contributed by atoms with Crippen molar-refractivity contribution in [2.75, 3.05) is 10.2 Å². The van der Waals surface area contributed by atoms with Gasteiger partial charge in [0.1, 0.15) is 6.17 Å². The molecule has 2 aliphatic heterocycles. The van der Waals surface area contributed by atoms with Crippen molar-refractivity contribution in [3.63, 3.8) is 0 Å². The van der Waals surface area contributed by atoms with Crippen LogP contribution >= 0.6 is 11.3 Å². The number of fused-ring (bicyclic) bond motifs is 15. The van der Waals surface area contributed by atoms with Crippen molar-refractivity contribution < 1.29 is 0 Å². The van der Waals surface area contributed by atoms with Crippen molar-refractivity contribution in [2.45, 2.75) is 11.6 Å². The van der Waals surface area contributed by atoms with E-state index >= 15 is 0 Å². The highest BCUT2D eigenvalue weighted by atomic mass is 32.1. The van der Waals surface area contributed by atoms with Crippen LogP contribution in [0.2, 0.25) is 0 Å². The van der Waals surface area contributed by atoms with E-state index in [0.29, 0.717) is 0 Å². The molecule has 9 aromatic carbocycles. The number of thiophene rings is 1. The van der Waals surface area contributed by atoms with Gasteiger partial charge < -0.3 is 10.2 Å². The van der Waals surface area contributed by atoms with Crippen molar-refractivity contribution in [2.24, 2.45) is 4.99 Å². The van der Waals surface area contributed by atoms with Gasteiger partial charge in [0.05, 0.1) is 44.3 Å². The third-order valence-electron chi connectivity index (χ3n) is 13.9. The maximum Gasteiger partial charge on any atom is 0.145 e. The smallest absolute Gasteiger partial charge is 0.145 e. The molecule has 1 unspecified atom stereocenters. The fraction of sp³-hybridized carbons (Fsp3) is 0.0333. The van der Waals surface area contributed by atoms with Gasteiger partial charge in [0.2, 0.25) is 0 Å². The number of aliphatic imine (C=N–C) groups is 1. The summed E-state index contributed by atoms with van der Waals surface area (Å²) >= 11 is 1.80. The Labute approximate surface area is 380 Å². The van der Waals surface area contributed by atoms with Gasteiger partial charge >= 0.3 is 0 Å². The number of rotatable bonds is 4. The number of nitrogens with zero attached hydrogens (tertiary/aromatic N) is 3. The van der Waals surface area contributed by atoms with E-state index in [4.69, 9.17) is 9.98 Å². The summed E-state index contributed by atoms with van der Waals surface area (Å²) in [7, 11) is 0. The van der Waals surface area contributed by atoms with Crippen LogP contribution in [0.5, 0.6) is 0 Å². The molecule has 1 aliphatic carbocycles. The Kier molecular flexibility index (Phi) is 7.80. The van der Waals surface area contributed by atoms with Gasteiger partial charge in [-0.25, -0.2) is 4.98 Å². The normalized spacial score (nSPS) is 15.2. The van der Waals surface area contributed by atoms with E-state index in [1.54, 1.807) is 11.3 Å². The lowest BCUT2D eigenvalue weighted by Gasteiger charge is -2.45. The predicted octanol–water partition coefficient (Wildman–Crippen LogP) is 15.4. The lowest BCUT2D eigenvalue weighted by molar-refractivity contribution is 0.754.